The highest BCUT2D eigenvalue weighted by Crippen LogP contribution is 2.43. The Kier molecular flexibility index (Phi) is 4.88. The van der Waals surface area contributed by atoms with Gasteiger partial charge in [0.2, 0.25) is 0 Å². The first kappa shape index (κ1) is 19.6. The molecule has 7 nitrogen and oxygen atoms in total. The quantitative estimate of drug-likeness (QED) is 0.646. The minimum absolute atomic E-state index is 0.0192. The van der Waals surface area contributed by atoms with Gasteiger partial charge in [-0.2, -0.15) is 0 Å². The fraction of sp³-hybridized carbons (Fsp3) is 0.375. The summed E-state index contributed by atoms with van der Waals surface area (Å²) in [6.45, 7) is 2.34. The number of ether oxygens (including phenoxy) is 2. The van der Waals surface area contributed by atoms with Gasteiger partial charge in [0.05, 0.1) is 30.8 Å². The van der Waals surface area contributed by atoms with Crippen molar-refractivity contribution in [2.24, 2.45) is 0 Å². The predicted octanol–water partition coefficient (Wildman–Crippen LogP) is 3.53. The number of piperidine rings is 1. The molecule has 0 bridgehead atoms. The molecule has 3 heterocycles. The molecule has 0 aliphatic carbocycles. The normalized spacial score (nSPS) is 20.6. The average Bonchev–Trinajstić information content (AvgIpc) is 2.82. The molecule has 1 spiro atoms. The number of nitrogens with zero attached hydrogens (tertiary/aromatic N) is 4. The third kappa shape index (κ3) is 3.24. The Morgan fingerprint density at radius 1 is 1.03 bits per heavy atom. The van der Waals surface area contributed by atoms with Crippen molar-refractivity contribution in [1.29, 1.82) is 0 Å². The monoisotopic (exact) mass is 418 g/mol. The first-order chi connectivity index (χ1) is 15.1. The second-order valence-electron chi connectivity index (χ2n) is 8.24. The van der Waals surface area contributed by atoms with Crippen LogP contribution in [0.1, 0.15) is 29.6 Å². The summed E-state index contributed by atoms with van der Waals surface area (Å²) >= 11 is 0. The van der Waals surface area contributed by atoms with Gasteiger partial charge in [0.25, 0.3) is 5.91 Å². The second kappa shape index (κ2) is 7.72. The van der Waals surface area contributed by atoms with E-state index < -0.39 is 0 Å². The number of fused-ring (bicyclic) bond motifs is 1. The van der Waals surface area contributed by atoms with Gasteiger partial charge in [-0.15, -0.1) is 0 Å². The van der Waals surface area contributed by atoms with E-state index in [1.165, 1.54) is 0 Å². The van der Waals surface area contributed by atoms with Crippen molar-refractivity contribution in [3.63, 3.8) is 0 Å². The highest BCUT2D eigenvalue weighted by molar-refractivity contribution is 5.97. The number of likely N-dealkylation sites (tertiary alicyclic amines) is 1. The first-order valence-electron chi connectivity index (χ1n) is 10.6. The zero-order valence-electron chi connectivity index (χ0n) is 17.9. The van der Waals surface area contributed by atoms with E-state index in [2.05, 4.69) is 20.9 Å². The van der Waals surface area contributed by atoms with Gasteiger partial charge in [0, 0.05) is 25.0 Å². The molecule has 2 fully saturated rings. The standard InChI is InChI=1S/C24H26N4O3/c1-30-17-8-9-21(31-2)19(14-17)23(29)27-12-5-10-24(15-27)11-13-28(24)22-18-6-3-4-7-20(18)25-16-26-22/h3-4,6-9,14,16H,5,10-13,15H2,1-2H3/t24-/m0/s1. The van der Waals surface area contributed by atoms with Gasteiger partial charge in [-0.05, 0) is 49.6 Å². The summed E-state index contributed by atoms with van der Waals surface area (Å²) in [4.78, 5) is 26.8. The fourth-order valence-electron chi connectivity index (χ4n) is 4.94. The lowest BCUT2D eigenvalue weighted by molar-refractivity contribution is 0.0559. The molecule has 1 atom stereocenters. The lowest BCUT2D eigenvalue weighted by Gasteiger charge is -2.57. The van der Waals surface area contributed by atoms with Gasteiger partial charge in [0.15, 0.2) is 0 Å². The number of methoxy groups -OCH3 is 2. The molecule has 0 saturated carbocycles. The molecule has 0 radical (unpaired) electrons. The summed E-state index contributed by atoms with van der Waals surface area (Å²) in [6.07, 6.45) is 4.68. The van der Waals surface area contributed by atoms with Crippen LogP contribution in [0.15, 0.2) is 48.8 Å². The molecule has 3 aromatic rings. The zero-order chi connectivity index (χ0) is 21.4. The molecule has 1 aromatic heterocycles. The minimum atomic E-state index is -0.0862. The van der Waals surface area contributed by atoms with Crippen LogP contribution in [0.5, 0.6) is 11.5 Å². The smallest absolute Gasteiger partial charge is 0.257 e. The summed E-state index contributed by atoms with van der Waals surface area (Å²) in [7, 11) is 3.19. The molecule has 31 heavy (non-hydrogen) atoms. The van der Waals surface area contributed by atoms with Crippen molar-refractivity contribution in [2.45, 2.75) is 24.8 Å². The van der Waals surface area contributed by atoms with Crippen molar-refractivity contribution >= 4 is 22.6 Å². The molecule has 2 aliphatic heterocycles. The van der Waals surface area contributed by atoms with Gasteiger partial charge in [-0.25, -0.2) is 9.97 Å². The van der Waals surface area contributed by atoms with Crippen LogP contribution in [-0.4, -0.2) is 60.2 Å². The van der Waals surface area contributed by atoms with Gasteiger partial charge < -0.3 is 19.3 Å². The Morgan fingerprint density at radius 2 is 1.90 bits per heavy atom. The Bertz CT molecular complexity index is 1130. The molecule has 160 valence electrons. The van der Waals surface area contributed by atoms with Gasteiger partial charge in [-0.3, -0.25) is 4.79 Å². The number of para-hydroxylation sites is 1. The maximum atomic E-state index is 13.5. The molecular weight excluding hydrogens is 392 g/mol. The summed E-state index contributed by atoms with van der Waals surface area (Å²) in [5.41, 5.74) is 1.40. The number of benzene rings is 2. The van der Waals surface area contributed by atoms with Crippen molar-refractivity contribution in [3.8, 4) is 11.5 Å². The van der Waals surface area contributed by atoms with Crippen LogP contribution in [0.3, 0.4) is 0 Å². The number of carbonyl (C=O) groups is 1. The van der Waals surface area contributed by atoms with Crippen molar-refractivity contribution in [1.82, 2.24) is 14.9 Å². The summed E-state index contributed by atoms with van der Waals surface area (Å²) < 4.78 is 10.8. The summed E-state index contributed by atoms with van der Waals surface area (Å²) in [6, 6.07) is 13.5. The third-order valence-electron chi connectivity index (χ3n) is 6.63. The van der Waals surface area contributed by atoms with Gasteiger partial charge >= 0.3 is 0 Å². The topological polar surface area (TPSA) is 67.8 Å². The van der Waals surface area contributed by atoms with Crippen LogP contribution >= 0.6 is 0 Å². The highest BCUT2D eigenvalue weighted by Gasteiger charge is 2.49. The molecule has 2 aromatic carbocycles. The van der Waals surface area contributed by atoms with Crippen LogP contribution < -0.4 is 14.4 Å². The fourth-order valence-corrected chi connectivity index (χ4v) is 4.94. The molecule has 5 rings (SSSR count). The number of rotatable bonds is 4. The third-order valence-corrected chi connectivity index (χ3v) is 6.63. The zero-order valence-corrected chi connectivity index (χ0v) is 17.9. The maximum absolute atomic E-state index is 13.5. The summed E-state index contributed by atoms with van der Waals surface area (Å²) in [5.74, 6) is 2.16. The SMILES string of the molecule is COc1ccc(OC)c(C(=O)N2CCC[C@]3(CCN3c3ncnc4ccccc34)C2)c1. The van der Waals surface area contributed by atoms with E-state index in [0.717, 1.165) is 49.1 Å². The Balaban J connectivity index is 1.45. The lowest BCUT2D eigenvalue weighted by atomic mass is 9.77. The Labute approximate surface area is 181 Å². The average molecular weight is 418 g/mol. The number of carbonyl (C=O) groups excluding carboxylic acids is 1. The Morgan fingerprint density at radius 3 is 2.68 bits per heavy atom. The van der Waals surface area contributed by atoms with Gasteiger partial charge in [0.1, 0.15) is 23.6 Å². The number of hydrogen-bond acceptors (Lipinski definition) is 6. The van der Waals surface area contributed by atoms with Crippen LogP contribution in [0.2, 0.25) is 0 Å². The van der Waals surface area contributed by atoms with E-state index in [1.54, 1.807) is 38.7 Å². The molecular formula is C24H26N4O3. The number of aromatic nitrogens is 2. The summed E-state index contributed by atoms with van der Waals surface area (Å²) in [5, 5.41) is 1.06. The van der Waals surface area contributed by atoms with E-state index in [1.807, 2.05) is 23.1 Å². The molecule has 0 N–H and O–H groups in total. The number of anilines is 1. The van der Waals surface area contributed by atoms with Crippen LogP contribution in [0, 0.1) is 0 Å². The van der Waals surface area contributed by atoms with E-state index >= 15 is 0 Å². The molecule has 2 aliphatic rings. The predicted molar refractivity (Wildman–Crippen MR) is 119 cm³/mol. The lowest BCUT2D eigenvalue weighted by Crippen LogP contribution is -2.68. The molecule has 0 unspecified atom stereocenters. The van der Waals surface area contributed by atoms with E-state index in [-0.39, 0.29) is 11.4 Å². The van der Waals surface area contributed by atoms with Crippen molar-refractivity contribution in [3.05, 3.63) is 54.4 Å². The molecule has 2 saturated heterocycles. The first-order valence-corrected chi connectivity index (χ1v) is 10.6. The second-order valence-corrected chi connectivity index (χ2v) is 8.24. The van der Waals surface area contributed by atoms with E-state index in [9.17, 15) is 4.79 Å². The molecule has 1 amide bonds. The highest BCUT2D eigenvalue weighted by atomic mass is 16.5. The van der Waals surface area contributed by atoms with Crippen LogP contribution in [0.25, 0.3) is 10.9 Å². The largest absolute Gasteiger partial charge is 0.497 e. The van der Waals surface area contributed by atoms with E-state index in [4.69, 9.17) is 9.47 Å². The number of amides is 1. The van der Waals surface area contributed by atoms with E-state index in [0.29, 0.717) is 23.6 Å². The molecule has 7 heteroatoms. The minimum Gasteiger partial charge on any atom is -0.497 e. The Hall–Kier alpha value is -3.35. The van der Waals surface area contributed by atoms with Crippen molar-refractivity contribution in [2.75, 3.05) is 38.8 Å². The van der Waals surface area contributed by atoms with Gasteiger partial charge in [-0.1, -0.05) is 12.1 Å². The van der Waals surface area contributed by atoms with Crippen LogP contribution in [-0.2, 0) is 0 Å². The van der Waals surface area contributed by atoms with Crippen LogP contribution in [0.4, 0.5) is 5.82 Å². The van der Waals surface area contributed by atoms with Crippen molar-refractivity contribution < 1.29 is 14.3 Å². The maximum Gasteiger partial charge on any atom is 0.257 e. The number of hydrogen-bond donors (Lipinski definition) is 0.